The lowest BCUT2D eigenvalue weighted by Gasteiger charge is -2.12. The molecule has 0 saturated heterocycles. The molecule has 0 unspecified atom stereocenters. The summed E-state index contributed by atoms with van der Waals surface area (Å²) in [6, 6.07) is 0. The summed E-state index contributed by atoms with van der Waals surface area (Å²) in [6.07, 6.45) is 16.9. The Kier molecular flexibility index (Phi) is 18.2. The molecule has 0 spiro atoms. The molecule has 0 aliphatic carbocycles. The minimum atomic E-state index is -0.402. The number of esters is 1. The zero-order valence-corrected chi connectivity index (χ0v) is 16.1. The van der Waals surface area contributed by atoms with Gasteiger partial charge in [-0.2, -0.15) is 0 Å². The fourth-order valence-corrected chi connectivity index (χ4v) is 2.74. The summed E-state index contributed by atoms with van der Waals surface area (Å²) in [5.41, 5.74) is 0. The molecule has 144 valence electrons. The number of carbonyl (C=O) groups excluding carboxylic acids is 1. The smallest absolute Gasteiger partial charge is 0.305 e. The third-order valence-electron chi connectivity index (χ3n) is 4.45. The van der Waals surface area contributed by atoms with Crippen molar-refractivity contribution in [3.8, 4) is 0 Å². The first-order valence-electron chi connectivity index (χ1n) is 10.0. The van der Waals surface area contributed by atoms with Crippen molar-refractivity contribution in [2.75, 3.05) is 20.3 Å². The Morgan fingerprint density at radius 3 is 1.71 bits per heavy atom. The molecule has 0 aromatic carbocycles. The average Bonchev–Trinajstić information content (AvgIpc) is 2.60. The Hall–Kier alpha value is -0.610. The summed E-state index contributed by atoms with van der Waals surface area (Å²) in [4.78, 5) is 11.5. The largest absolute Gasteiger partial charge is 0.463 e. The number of aliphatic hydroxyl groups excluding tert-OH is 1. The van der Waals surface area contributed by atoms with Crippen molar-refractivity contribution >= 4 is 5.97 Å². The number of unbranched alkanes of at least 4 members (excludes halogenated alkanes) is 12. The summed E-state index contributed by atoms with van der Waals surface area (Å²) in [5, 5.41) is 8.92. The summed E-state index contributed by atoms with van der Waals surface area (Å²) in [6.45, 7) is 2.28. The second kappa shape index (κ2) is 18.7. The van der Waals surface area contributed by atoms with Gasteiger partial charge in [0.15, 0.2) is 0 Å². The molecule has 0 aliphatic rings. The molecule has 0 rings (SSSR count). The number of hydrogen-bond donors (Lipinski definition) is 1. The van der Waals surface area contributed by atoms with Crippen LogP contribution in [0.15, 0.2) is 0 Å². The van der Waals surface area contributed by atoms with Gasteiger partial charge in [0.05, 0.1) is 6.61 Å². The van der Waals surface area contributed by atoms with E-state index in [-0.39, 0.29) is 19.2 Å². The van der Waals surface area contributed by atoms with Crippen LogP contribution >= 0.6 is 0 Å². The van der Waals surface area contributed by atoms with E-state index in [0.717, 1.165) is 12.8 Å². The first-order chi connectivity index (χ1) is 11.7. The number of ether oxygens (including phenoxy) is 2. The molecule has 0 amide bonds. The van der Waals surface area contributed by atoms with Gasteiger partial charge in [0, 0.05) is 13.5 Å². The molecule has 0 aliphatic heterocycles. The van der Waals surface area contributed by atoms with E-state index in [2.05, 4.69) is 6.92 Å². The number of methoxy groups -OCH3 is 1. The molecule has 24 heavy (non-hydrogen) atoms. The van der Waals surface area contributed by atoms with Crippen molar-refractivity contribution in [3.05, 3.63) is 0 Å². The van der Waals surface area contributed by atoms with E-state index in [1.807, 2.05) is 0 Å². The molecule has 4 heteroatoms. The summed E-state index contributed by atoms with van der Waals surface area (Å²) >= 11 is 0. The lowest BCUT2D eigenvalue weighted by Crippen LogP contribution is -2.24. The molecule has 1 atom stereocenters. The predicted molar refractivity (Wildman–Crippen MR) is 99.2 cm³/mol. The van der Waals surface area contributed by atoms with Crippen LogP contribution in [0.25, 0.3) is 0 Å². The van der Waals surface area contributed by atoms with E-state index in [4.69, 9.17) is 14.6 Å². The van der Waals surface area contributed by atoms with Crippen molar-refractivity contribution in [1.29, 1.82) is 0 Å². The molecule has 0 bridgehead atoms. The van der Waals surface area contributed by atoms with Gasteiger partial charge in [-0.25, -0.2) is 0 Å². The number of carbonyl (C=O) groups is 1. The number of hydrogen-bond acceptors (Lipinski definition) is 4. The Bertz CT molecular complexity index is 264. The van der Waals surface area contributed by atoms with Gasteiger partial charge in [0.25, 0.3) is 0 Å². The minimum Gasteiger partial charge on any atom is -0.463 e. The topological polar surface area (TPSA) is 55.8 Å². The molecule has 0 aromatic heterocycles. The van der Waals surface area contributed by atoms with Gasteiger partial charge in [-0.15, -0.1) is 0 Å². The average molecular weight is 345 g/mol. The van der Waals surface area contributed by atoms with Gasteiger partial charge in [0.1, 0.15) is 12.7 Å². The fourth-order valence-electron chi connectivity index (χ4n) is 2.74. The molecule has 0 aromatic rings. The lowest BCUT2D eigenvalue weighted by molar-refractivity contribution is -0.148. The van der Waals surface area contributed by atoms with Crippen molar-refractivity contribution in [2.24, 2.45) is 0 Å². The first-order valence-corrected chi connectivity index (χ1v) is 10.0. The van der Waals surface area contributed by atoms with E-state index in [1.165, 1.54) is 77.7 Å². The van der Waals surface area contributed by atoms with Crippen LogP contribution < -0.4 is 0 Å². The molecule has 1 N–H and O–H groups in total. The third-order valence-corrected chi connectivity index (χ3v) is 4.45. The van der Waals surface area contributed by atoms with E-state index in [9.17, 15) is 4.79 Å². The molecule has 0 heterocycles. The quantitative estimate of drug-likeness (QED) is 0.280. The van der Waals surface area contributed by atoms with Crippen LogP contribution in [-0.2, 0) is 14.3 Å². The monoisotopic (exact) mass is 344 g/mol. The Labute approximate surface area is 149 Å². The molecular weight excluding hydrogens is 304 g/mol. The predicted octanol–water partition coefficient (Wildman–Crippen LogP) is 5.02. The molecular formula is C20H40O4. The van der Waals surface area contributed by atoms with Gasteiger partial charge < -0.3 is 14.6 Å². The van der Waals surface area contributed by atoms with Crippen molar-refractivity contribution in [2.45, 2.75) is 103 Å². The zero-order valence-electron chi connectivity index (χ0n) is 16.1. The van der Waals surface area contributed by atoms with Crippen molar-refractivity contribution in [3.63, 3.8) is 0 Å². The Morgan fingerprint density at radius 2 is 1.29 bits per heavy atom. The number of rotatable bonds is 18. The molecule has 0 radical (unpaired) electrons. The summed E-state index contributed by atoms with van der Waals surface area (Å²) < 4.78 is 10.0. The maximum atomic E-state index is 11.5. The fraction of sp³-hybridized carbons (Fsp3) is 0.950. The van der Waals surface area contributed by atoms with Crippen molar-refractivity contribution in [1.82, 2.24) is 0 Å². The lowest BCUT2D eigenvalue weighted by atomic mass is 10.0. The highest BCUT2D eigenvalue weighted by atomic mass is 16.6. The maximum Gasteiger partial charge on any atom is 0.305 e. The molecule has 0 fully saturated rings. The highest BCUT2D eigenvalue weighted by Gasteiger charge is 2.09. The maximum absolute atomic E-state index is 11.5. The van der Waals surface area contributed by atoms with Crippen LogP contribution in [0.5, 0.6) is 0 Å². The summed E-state index contributed by atoms with van der Waals surface area (Å²) in [7, 11) is 1.50. The van der Waals surface area contributed by atoms with E-state index < -0.39 is 6.10 Å². The van der Waals surface area contributed by atoms with Gasteiger partial charge in [0.2, 0.25) is 0 Å². The summed E-state index contributed by atoms with van der Waals surface area (Å²) in [5.74, 6) is -0.187. The highest BCUT2D eigenvalue weighted by molar-refractivity contribution is 5.69. The van der Waals surface area contributed by atoms with Crippen molar-refractivity contribution < 1.29 is 19.4 Å². The van der Waals surface area contributed by atoms with Crippen LogP contribution in [0.2, 0.25) is 0 Å². The first kappa shape index (κ1) is 23.4. The number of aliphatic hydroxyl groups is 1. The molecule has 0 saturated carbocycles. The standard InChI is InChI=1S/C20H40O4/c1-3-4-5-6-7-8-9-10-11-12-13-14-15-16-20(22)24-18-19(17-21)23-2/h19,21H,3-18H2,1-2H3/t19-/m0/s1. The normalized spacial score (nSPS) is 12.3. The van der Waals surface area contributed by atoms with E-state index in [0.29, 0.717) is 6.42 Å². The van der Waals surface area contributed by atoms with E-state index in [1.54, 1.807) is 0 Å². The van der Waals surface area contributed by atoms with Crippen LogP contribution in [0, 0.1) is 0 Å². The Morgan fingerprint density at radius 1 is 0.833 bits per heavy atom. The van der Waals surface area contributed by atoms with Gasteiger partial charge >= 0.3 is 5.97 Å². The van der Waals surface area contributed by atoms with Crippen LogP contribution in [0.3, 0.4) is 0 Å². The van der Waals surface area contributed by atoms with Gasteiger partial charge in [-0.1, -0.05) is 84.0 Å². The van der Waals surface area contributed by atoms with Gasteiger partial charge in [-0.05, 0) is 6.42 Å². The van der Waals surface area contributed by atoms with Crippen LogP contribution in [-0.4, -0.2) is 37.5 Å². The Balaban J connectivity index is 3.20. The van der Waals surface area contributed by atoms with Crippen LogP contribution in [0.1, 0.15) is 96.8 Å². The minimum absolute atomic E-state index is 0.123. The molecule has 4 nitrogen and oxygen atoms in total. The van der Waals surface area contributed by atoms with Crippen LogP contribution in [0.4, 0.5) is 0 Å². The third kappa shape index (κ3) is 16.3. The zero-order chi connectivity index (χ0) is 17.9. The highest BCUT2D eigenvalue weighted by Crippen LogP contribution is 2.13. The SMILES string of the molecule is CCCCCCCCCCCCCCCC(=O)OC[C@H](CO)OC. The second-order valence-corrected chi connectivity index (χ2v) is 6.72. The van der Waals surface area contributed by atoms with Gasteiger partial charge in [-0.3, -0.25) is 4.79 Å². The van der Waals surface area contributed by atoms with E-state index >= 15 is 0 Å². The second-order valence-electron chi connectivity index (χ2n) is 6.72.